The van der Waals surface area contributed by atoms with Crippen LogP contribution in [0.4, 0.5) is 14.6 Å². The minimum Gasteiger partial charge on any atom is -0.711 e. The van der Waals surface area contributed by atoms with Gasteiger partial charge in [0, 0.05) is 18.9 Å². The molecular formula is C12H12F2N2O2. The number of hydrogen-bond donors (Lipinski definition) is 0. The maximum absolute atomic E-state index is 13.1. The molecule has 0 spiro atoms. The van der Waals surface area contributed by atoms with E-state index in [9.17, 15) is 14.0 Å². The van der Waals surface area contributed by atoms with Gasteiger partial charge in [0.15, 0.2) is 0 Å². The van der Waals surface area contributed by atoms with Crippen molar-refractivity contribution in [3.05, 3.63) is 29.8 Å². The minimum absolute atomic E-state index is 0.180. The Morgan fingerprint density at radius 3 is 2.72 bits per heavy atom. The lowest BCUT2D eigenvalue weighted by atomic mass is 10.1. The van der Waals surface area contributed by atoms with Crippen LogP contribution in [-0.4, -0.2) is 19.0 Å². The number of nitrogens with zero attached hydrogens (tertiary/aromatic N) is 2. The number of alkyl halides is 2. The Hall–Kier alpha value is -1.85. The van der Waals surface area contributed by atoms with Gasteiger partial charge in [-0.2, -0.15) is 0 Å². The predicted molar refractivity (Wildman–Crippen MR) is 61.6 cm³/mol. The van der Waals surface area contributed by atoms with Crippen molar-refractivity contribution in [1.82, 2.24) is 0 Å². The maximum atomic E-state index is 13.1. The number of hydrogen-bond acceptors (Lipinski definition) is 3. The lowest BCUT2D eigenvalue weighted by molar-refractivity contribution is -0.591. The SMILES string of the molecule is [O-][n+]1ccc2occc2c1N1CCC(F)(F)CC1. The fraction of sp³-hybridized carbons (Fsp3) is 0.417. The number of furan rings is 1. The smallest absolute Gasteiger partial charge is 0.290 e. The molecular weight excluding hydrogens is 242 g/mol. The van der Waals surface area contributed by atoms with Gasteiger partial charge in [0.1, 0.15) is 11.0 Å². The Morgan fingerprint density at radius 1 is 1.28 bits per heavy atom. The fourth-order valence-corrected chi connectivity index (χ4v) is 2.31. The molecule has 1 aliphatic heterocycles. The molecule has 0 saturated carbocycles. The molecule has 2 aromatic rings. The van der Waals surface area contributed by atoms with Crippen molar-refractivity contribution >= 4 is 16.8 Å². The maximum Gasteiger partial charge on any atom is 0.290 e. The van der Waals surface area contributed by atoms with Crippen molar-refractivity contribution in [2.75, 3.05) is 18.0 Å². The molecule has 3 heterocycles. The molecule has 0 atom stereocenters. The van der Waals surface area contributed by atoms with Crippen molar-refractivity contribution in [3.63, 3.8) is 0 Å². The number of halogens is 2. The van der Waals surface area contributed by atoms with E-state index in [0.717, 1.165) is 0 Å². The molecule has 18 heavy (non-hydrogen) atoms. The van der Waals surface area contributed by atoms with Crippen LogP contribution in [0.1, 0.15) is 12.8 Å². The Morgan fingerprint density at radius 2 is 2.00 bits per heavy atom. The van der Waals surface area contributed by atoms with Crippen molar-refractivity contribution in [2.45, 2.75) is 18.8 Å². The number of piperidine rings is 1. The molecule has 96 valence electrons. The molecule has 0 aliphatic carbocycles. The van der Waals surface area contributed by atoms with E-state index in [-0.39, 0.29) is 25.9 Å². The highest BCUT2D eigenvalue weighted by Gasteiger charge is 2.38. The third-order valence-electron chi connectivity index (χ3n) is 3.30. The summed E-state index contributed by atoms with van der Waals surface area (Å²) in [7, 11) is 0. The molecule has 1 saturated heterocycles. The number of anilines is 1. The minimum atomic E-state index is -2.62. The van der Waals surface area contributed by atoms with Gasteiger partial charge in [-0.15, -0.1) is 0 Å². The molecule has 0 bridgehead atoms. The van der Waals surface area contributed by atoms with Gasteiger partial charge in [0.05, 0.1) is 25.5 Å². The van der Waals surface area contributed by atoms with E-state index in [1.165, 1.54) is 12.5 Å². The first-order valence-electron chi connectivity index (χ1n) is 5.79. The van der Waals surface area contributed by atoms with Crippen LogP contribution in [0.2, 0.25) is 0 Å². The van der Waals surface area contributed by atoms with E-state index in [0.29, 0.717) is 21.5 Å². The zero-order valence-electron chi connectivity index (χ0n) is 9.60. The van der Waals surface area contributed by atoms with Gasteiger partial charge in [-0.3, -0.25) is 4.90 Å². The summed E-state index contributed by atoms with van der Waals surface area (Å²) in [6.45, 7) is 0.360. The number of pyridine rings is 1. The van der Waals surface area contributed by atoms with Gasteiger partial charge in [-0.1, -0.05) is 0 Å². The lowest BCUT2D eigenvalue weighted by Gasteiger charge is -2.29. The van der Waals surface area contributed by atoms with Crippen LogP contribution in [0, 0.1) is 5.21 Å². The summed E-state index contributed by atoms with van der Waals surface area (Å²) in [6.07, 6.45) is 2.39. The molecule has 0 unspecified atom stereocenters. The highest BCUT2D eigenvalue weighted by Crippen LogP contribution is 2.32. The summed E-state index contributed by atoms with van der Waals surface area (Å²) in [5.74, 6) is -2.22. The zero-order valence-corrected chi connectivity index (χ0v) is 9.60. The van der Waals surface area contributed by atoms with E-state index in [1.54, 1.807) is 17.0 Å². The first-order chi connectivity index (χ1) is 8.57. The topological polar surface area (TPSA) is 43.3 Å². The van der Waals surface area contributed by atoms with E-state index in [1.807, 2.05) is 0 Å². The van der Waals surface area contributed by atoms with E-state index in [2.05, 4.69) is 0 Å². The molecule has 0 aromatic carbocycles. The molecule has 0 radical (unpaired) electrons. The van der Waals surface area contributed by atoms with Gasteiger partial charge in [0.2, 0.25) is 0 Å². The Bertz CT molecular complexity index is 572. The molecule has 6 heteroatoms. The number of fused-ring (bicyclic) bond motifs is 1. The second-order valence-corrected chi connectivity index (χ2v) is 4.51. The third-order valence-corrected chi connectivity index (χ3v) is 3.30. The summed E-state index contributed by atoms with van der Waals surface area (Å²) in [4.78, 5) is 1.70. The van der Waals surface area contributed by atoms with E-state index < -0.39 is 5.92 Å². The Kier molecular flexibility index (Phi) is 2.39. The summed E-state index contributed by atoms with van der Waals surface area (Å²) in [5.41, 5.74) is 0.592. The van der Waals surface area contributed by atoms with Crippen LogP contribution < -0.4 is 9.63 Å². The first kappa shape index (κ1) is 11.3. The largest absolute Gasteiger partial charge is 0.711 e. The van der Waals surface area contributed by atoms with Crippen molar-refractivity contribution in [1.29, 1.82) is 0 Å². The van der Waals surface area contributed by atoms with Crippen LogP contribution in [0.3, 0.4) is 0 Å². The standard InChI is InChI=1S/C12H12F2N2O2/c13-12(14)3-6-15(7-4-12)11-9-2-8-18-10(9)1-5-16(11)17/h1-2,5,8H,3-4,6-7H2. The van der Waals surface area contributed by atoms with Gasteiger partial charge < -0.3 is 9.62 Å². The third kappa shape index (κ3) is 1.77. The first-order valence-corrected chi connectivity index (χ1v) is 5.79. The molecule has 3 rings (SSSR count). The average molecular weight is 254 g/mol. The second-order valence-electron chi connectivity index (χ2n) is 4.51. The fourth-order valence-electron chi connectivity index (χ4n) is 2.31. The van der Waals surface area contributed by atoms with Gasteiger partial charge >= 0.3 is 0 Å². The Balaban J connectivity index is 1.99. The van der Waals surface area contributed by atoms with Crippen LogP contribution in [-0.2, 0) is 0 Å². The molecule has 2 aromatic heterocycles. The van der Waals surface area contributed by atoms with Crippen LogP contribution in [0.5, 0.6) is 0 Å². The summed E-state index contributed by atoms with van der Waals surface area (Å²) in [6, 6.07) is 3.26. The van der Waals surface area contributed by atoms with E-state index >= 15 is 0 Å². The van der Waals surface area contributed by atoms with Gasteiger partial charge in [-0.05, 0) is 6.07 Å². The normalized spacial score (nSPS) is 19.3. The van der Waals surface area contributed by atoms with Crippen molar-refractivity contribution < 1.29 is 17.9 Å². The van der Waals surface area contributed by atoms with Crippen LogP contribution >= 0.6 is 0 Å². The predicted octanol–water partition coefficient (Wildman–Crippen LogP) is 2.30. The summed E-state index contributed by atoms with van der Waals surface area (Å²) >= 11 is 0. The molecule has 0 N–H and O–H groups in total. The molecule has 4 nitrogen and oxygen atoms in total. The monoisotopic (exact) mass is 254 g/mol. The lowest BCUT2D eigenvalue weighted by Crippen LogP contribution is -2.45. The van der Waals surface area contributed by atoms with Gasteiger partial charge in [0.25, 0.3) is 11.7 Å². The number of aromatic nitrogens is 1. The zero-order chi connectivity index (χ0) is 12.8. The summed E-state index contributed by atoms with van der Waals surface area (Å²) < 4.78 is 32.2. The van der Waals surface area contributed by atoms with Crippen molar-refractivity contribution in [3.8, 4) is 0 Å². The van der Waals surface area contributed by atoms with Gasteiger partial charge in [-0.25, -0.2) is 13.5 Å². The highest BCUT2D eigenvalue weighted by atomic mass is 19.3. The molecule has 1 fully saturated rings. The van der Waals surface area contributed by atoms with E-state index in [4.69, 9.17) is 4.42 Å². The van der Waals surface area contributed by atoms with Crippen LogP contribution in [0.15, 0.2) is 29.0 Å². The number of rotatable bonds is 1. The van der Waals surface area contributed by atoms with Crippen molar-refractivity contribution in [2.24, 2.45) is 0 Å². The highest BCUT2D eigenvalue weighted by molar-refractivity contribution is 5.86. The molecule has 1 aliphatic rings. The molecule has 0 amide bonds. The second kappa shape index (κ2) is 3.83. The van der Waals surface area contributed by atoms with Crippen LogP contribution in [0.25, 0.3) is 11.0 Å². The summed E-state index contributed by atoms with van der Waals surface area (Å²) in [5, 5.41) is 12.5. The Labute approximate surface area is 102 Å². The quantitative estimate of drug-likeness (QED) is 0.579. The average Bonchev–Trinajstić information content (AvgIpc) is 2.78.